The van der Waals surface area contributed by atoms with Crippen LogP contribution in [-0.2, 0) is 0 Å². The van der Waals surface area contributed by atoms with E-state index in [0.717, 1.165) is 39.5 Å². The van der Waals surface area contributed by atoms with Crippen LogP contribution in [0.1, 0.15) is 5.69 Å². The van der Waals surface area contributed by atoms with Crippen LogP contribution >= 0.6 is 0 Å². The van der Waals surface area contributed by atoms with E-state index < -0.39 is 0 Å². The van der Waals surface area contributed by atoms with Crippen LogP contribution in [0.4, 0.5) is 0 Å². The summed E-state index contributed by atoms with van der Waals surface area (Å²) in [6.07, 6.45) is 16.7. The first-order valence-corrected chi connectivity index (χ1v) is 16.0. The monoisotopic (exact) mass is 605 g/mol. The van der Waals surface area contributed by atoms with Gasteiger partial charge in [0.1, 0.15) is 5.82 Å². The van der Waals surface area contributed by atoms with Crippen molar-refractivity contribution in [1.29, 1.82) is 0 Å². The quantitative estimate of drug-likeness (QED) is 0.206. The number of para-hydroxylation sites is 1. The molecule has 0 aliphatic carbocycles. The van der Waals surface area contributed by atoms with E-state index in [9.17, 15) is 0 Å². The zero-order chi connectivity index (χ0) is 31.2. The summed E-state index contributed by atoms with van der Waals surface area (Å²) in [6.45, 7) is 0. The zero-order valence-electron chi connectivity index (χ0n) is 25.6. The third kappa shape index (κ3) is 4.89. The van der Waals surface area contributed by atoms with Gasteiger partial charge in [-0.1, -0.05) is 109 Å². The maximum atomic E-state index is 5.09. The second-order valence-electron chi connectivity index (χ2n) is 12.0. The third-order valence-electron chi connectivity index (χ3n) is 9.18. The number of rotatable bonds is 5. The van der Waals surface area contributed by atoms with Crippen molar-refractivity contribution in [3.05, 3.63) is 170 Å². The molecule has 0 spiro atoms. The molecule has 2 unspecified atom stereocenters. The molecule has 2 aliphatic heterocycles. The number of hydrogen-bond donors (Lipinski definition) is 2. The molecule has 47 heavy (non-hydrogen) atoms. The number of benzene rings is 4. The molecule has 4 aromatic carbocycles. The molecule has 0 bridgehead atoms. The number of fused-ring (bicyclic) bond motifs is 4. The lowest BCUT2D eigenvalue weighted by Crippen LogP contribution is -2.46. The molecule has 0 saturated heterocycles. The lowest BCUT2D eigenvalue weighted by molar-refractivity contribution is 0.565. The van der Waals surface area contributed by atoms with Crippen LogP contribution < -0.4 is 10.6 Å². The van der Waals surface area contributed by atoms with Gasteiger partial charge in [-0.3, -0.25) is 9.55 Å². The minimum atomic E-state index is 0.0351. The second-order valence-corrected chi connectivity index (χ2v) is 12.0. The summed E-state index contributed by atoms with van der Waals surface area (Å²) in [6, 6.07) is 40.7. The minimum Gasteiger partial charge on any atom is -0.375 e. The molecule has 5 heterocycles. The molecule has 0 saturated carbocycles. The van der Waals surface area contributed by atoms with Gasteiger partial charge in [0.15, 0.2) is 0 Å². The lowest BCUT2D eigenvalue weighted by Gasteiger charge is -2.31. The van der Waals surface area contributed by atoms with Gasteiger partial charge < -0.3 is 10.6 Å². The molecule has 9 rings (SSSR count). The van der Waals surface area contributed by atoms with Crippen LogP contribution in [-0.4, -0.2) is 26.6 Å². The Morgan fingerprint density at radius 3 is 2.19 bits per heavy atom. The van der Waals surface area contributed by atoms with Crippen molar-refractivity contribution in [3.63, 3.8) is 0 Å². The van der Waals surface area contributed by atoms with Crippen LogP contribution in [0, 0.1) is 0 Å². The number of hydrogen-bond acceptors (Lipinski definition) is 4. The summed E-state index contributed by atoms with van der Waals surface area (Å²) >= 11 is 0. The third-order valence-corrected chi connectivity index (χ3v) is 9.18. The predicted molar refractivity (Wildman–Crippen MR) is 194 cm³/mol. The van der Waals surface area contributed by atoms with Gasteiger partial charge >= 0.3 is 0 Å². The fourth-order valence-electron chi connectivity index (χ4n) is 6.82. The molecule has 2 N–H and O–H groups in total. The Kier molecular flexibility index (Phi) is 6.53. The summed E-state index contributed by atoms with van der Waals surface area (Å²) in [5.74, 6) is 1.02. The van der Waals surface area contributed by atoms with Gasteiger partial charge in [0, 0.05) is 22.5 Å². The molecule has 0 radical (unpaired) electrons. The zero-order valence-corrected chi connectivity index (χ0v) is 25.6. The van der Waals surface area contributed by atoms with E-state index in [4.69, 9.17) is 4.98 Å². The highest BCUT2D eigenvalue weighted by atomic mass is 15.2. The van der Waals surface area contributed by atoms with Crippen LogP contribution in [0.5, 0.6) is 0 Å². The normalized spacial score (nSPS) is 17.4. The smallest absolute Gasteiger partial charge is 0.111 e. The van der Waals surface area contributed by atoms with E-state index in [1.54, 1.807) is 0 Å². The summed E-state index contributed by atoms with van der Waals surface area (Å²) < 4.78 is 2.27. The Labute approximate surface area is 272 Å². The Hall–Kier alpha value is -6.20. The van der Waals surface area contributed by atoms with Crippen molar-refractivity contribution in [2.45, 2.75) is 12.1 Å². The molecule has 7 aromatic rings. The summed E-state index contributed by atoms with van der Waals surface area (Å²) in [4.78, 5) is 9.53. The molecule has 2 aliphatic rings. The fraction of sp³-hybridized carbons (Fsp3) is 0.0476. The van der Waals surface area contributed by atoms with Gasteiger partial charge in [-0.2, -0.15) is 0 Å². The molecule has 5 nitrogen and oxygen atoms in total. The second kappa shape index (κ2) is 11.3. The van der Waals surface area contributed by atoms with E-state index in [-0.39, 0.29) is 12.1 Å². The van der Waals surface area contributed by atoms with E-state index in [0.29, 0.717) is 0 Å². The van der Waals surface area contributed by atoms with Gasteiger partial charge in [0.05, 0.1) is 46.4 Å². The highest BCUT2D eigenvalue weighted by Crippen LogP contribution is 2.32. The molecular weight excluding hydrogens is 574 g/mol. The maximum absolute atomic E-state index is 5.09. The SMILES string of the molecule is C1=CC(C2C=CC=C(n3c4ccccc4c4ccncc43)N2)NC(c2cccc(-c3ccc(-c4ccc5ccccc5c4)cc3)n2)=C1. The molecule has 0 amide bonds. The van der Waals surface area contributed by atoms with Crippen molar-refractivity contribution >= 4 is 44.1 Å². The first-order valence-electron chi connectivity index (χ1n) is 16.0. The minimum absolute atomic E-state index is 0.0351. The van der Waals surface area contributed by atoms with E-state index in [1.807, 2.05) is 12.4 Å². The maximum Gasteiger partial charge on any atom is 0.111 e. The number of pyridine rings is 2. The molecule has 0 fully saturated rings. The Morgan fingerprint density at radius 2 is 1.28 bits per heavy atom. The van der Waals surface area contributed by atoms with Crippen molar-refractivity contribution < 1.29 is 0 Å². The highest BCUT2D eigenvalue weighted by Gasteiger charge is 2.24. The molecule has 2 atom stereocenters. The Balaban J connectivity index is 0.945. The van der Waals surface area contributed by atoms with Crippen LogP contribution in [0.25, 0.3) is 66.5 Å². The van der Waals surface area contributed by atoms with Gasteiger partial charge in [-0.25, -0.2) is 4.98 Å². The largest absolute Gasteiger partial charge is 0.375 e. The number of dihydropyridines is 2. The van der Waals surface area contributed by atoms with E-state index in [2.05, 4.69) is 172 Å². The van der Waals surface area contributed by atoms with E-state index >= 15 is 0 Å². The van der Waals surface area contributed by atoms with Crippen molar-refractivity contribution in [2.75, 3.05) is 0 Å². The average molecular weight is 606 g/mol. The fourth-order valence-corrected chi connectivity index (χ4v) is 6.82. The van der Waals surface area contributed by atoms with Gasteiger partial charge in [-0.15, -0.1) is 0 Å². The van der Waals surface area contributed by atoms with Crippen LogP contribution in [0.3, 0.4) is 0 Å². The summed E-state index contributed by atoms with van der Waals surface area (Å²) in [7, 11) is 0. The van der Waals surface area contributed by atoms with Crippen LogP contribution in [0.2, 0.25) is 0 Å². The first kappa shape index (κ1) is 27.1. The number of nitrogens with one attached hydrogen (secondary N) is 2. The topological polar surface area (TPSA) is 54.8 Å². The van der Waals surface area contributed by atoms with Crippen LogP contribution in [0.15, 0.2) is 164 Å². The van der Waals surface area contributed by atoms with Crippen molar-refractivity contribution in [2.24, 2.45) is 0 Å². The molecule has 5 heteroatoms. The molecule has 3 aromatic heterocycles. The average Bonchev–Trinajstić information content (AvgIpc) is 3.49. The Bertz CT molecular complexity index is 2370. The van der Waals surface area contributed by atoms with Gasteiger partial charge in [0.2, 0.25) is 0 Å². The first-order chi connectivity index (χ1) is 23.3. The lowest BCUT2D eigenvalue weighted by atomic mass is 9.99. The van der Waals surface area contributed by atoms with Gasteiger partial charge in [-0.05, 0) is 64.4 Å². The standard InChI is InChI=1S/C42H31N5/c1-2-9-31-26-32(23-20-28(31)8-1)29-18-21-30(22-19-29)35-11-5-12-36(44-35)37-13-6-14-38(45-37)39-15-7-17-42(46-39)47-40-16-4-3-10-33(40)34-24-25-43-27-41(34)47/h1-27,38-39,45-46H. The summed E-state index contributed by atoms with van der Waals surface area (Å²) in [5, 5.41) is 12.5. The highest BCUT2D eigenvalue weighted by molar-refractivity contribution is 6.09. The van der Waals surface area contributed by atoms with E-state index in [1.165, 1.54) is 32.7 Å². The molecular formula is C42H31N5. The Morgan fingerprint density at radius 1 is 0.553 bits per heavy atom. The number of aromatic nitrogens is 3. The van der Waals surface area contributed by atoms with Crippen molar-refractivity contribution in [3.8, 4) is 22.4 Å². The molecule has 224 valence electrons. The number of allylic oxidation sites excluding steroid dienone is 4. The summed E-state index contributed by atoms with van der Waals surface area (Å²) in [5.41, 5.74) is 8.60. The number of nitrogens with zero attached hydrogens (tertiary/aromatic N) is 3. The van der Waals surface area contributed by atoms with Crippen molar-refractivity contribution in [1.82, 2.24) is 25.2 Å². The van der Waals surface area contributed by atoms with Gasteiger partial charge in [0.25, 0.3) is 0 Å². The predicted octanol–water partition coefficient (Wildman–Crippen LogP) is 8.97.